The summed E-state index contributed by atoms with van der Waals surface area (Å²) < 4.78 is 7.03. The minimum Gasteiger partial charge on any atom is -0.444 e. The van der Waals surface area contributed by atoms with Gasteiger partial charge in [-0.3, -0.25) is 9.48 Å². The van der Waals surface area contributed by atoms with Crippen molar-refractivity contribution < 1.29 is 14.3 Å². The Labute approximate surface area is 173 Å². The molecule has 0 fully saturated rings. The summed E-state index contributed by atoms with van der Waals surface area (Å²) in [5.41, 5.74) is 0.345. The number of aryl methyl sites for hydroxylation is 1. The lowest BCUT2D eigenvalue weighted by atomic mass is 10.1. The molecule has 0 aliphatic rings. The van der Waals surface area contributed by atoms with Gasteiger partial charge in [0.15, 0.2) is 0 Å². The Morgan fingerprint density at radius 1 is 1.21 bits per heavy atom. The molecule has 0 saturated carbocycles. The van der Waals surface area contributed by atoms with Crippen LogP contribution in [0.15, 0.2) is 36.5 Å². The Kier molecular flexibility index (Phi) is 7.95. The molecule has 2 N–H and O–H groups in total. The van der Waals surface area contributed by atoms with Crippen LogP contribution in [0, 0.1) is 0 Å². The van der Waals surface area contributed by atoms with E-state index in [0.717, 1.165) is 10.9 Å². The first-order valence-electron chi connectivity index (χ1n) is 9.85. The lowest BCUT2D eigenvalue weighted by Gasteiger charge is -2.23. The fourth-order valence-electron chi connectivity index (χ4n) is 2.58. The number of amides is 2. The zero-order chi connectivity index (χ0) is 21.4. The molecule has 0 aliphatic heterocycles. The Hall–Kier alpha value is -2.68. The summed E-state index contributed by atoms with van der Waals surface area (Å²) in [4.78, 5) is 24.9. The molecule has 2 amide bonds. The second-order valence-electron chi connectivity index (χ2n) is 8.25. The van der Waals surface area contributed by atoms with Crippen molar-refractivity contribution in [3.63, 3.8) is 0 Å². The van der Waals surface area contributed by atoms with E-state index >= 15 is 0 Å². The van der Waals surface area contributed by atoms with Crippen LogP contribution in [-0.4, -0.2) is 47.4 Å². The Morgan fingerprint density at radius 2 is 1.90 bits per heavy atom. The molecule has 2 rings (SSSR count). The van der Waals surface area contributed by atoms with E-state index in [1.54, 1.807) is 25.5 Å². The molecule has 0 spiro atoms. The number of aromatic nitrogens is 3. The molecular weight excluding hydrogens is 386 g/mol. The normalized spacial score (nSPS) is 12.5. The predicted octanol–water partition coefficient (Wildman–Crippen LogP) is 1.57. The quantitative estimate of drug-likeness (QED) is 0.636. The average Bonchev–Trinajstić information content (AvgIpc) is 3.12. The Balaban J connectivity index is 2.00. The third-order valence-electron chi connectivity index (χ3n) is 4.11. The van der Waals surface area contributed by atoms with Crippen LogP contribution < -0.4 is 16.0 Å². The molecule has 1 heterocycles. The fraction of sp³-hybridized carbons (Fsp3) is 0.500. The first-order chi connectivity index (χ1) is 13.6. The van der Waals surface area contributed by atoms with Gasteiger partial charge in [-0.1, -0.05) is 48.6 Å². The smallest absolute Gasteiger partial charge is 0.408 e. The Morgan fingerprint density at radius 3 is 2.48 bits per heavy atom. The molecule has 0 radical (unpaired) electrons. The minimum absolute atomic E-state index is 0.265. The lowest BCUT2D eigenvalue weighted by molar-refractivity contribution is -0.123. The van der Waals surface area contributed by atoms with E-state index < -0.39 is 26.5 Å². The molecule has 0 saturated heterocycles. The number of ether oxygens (including phenoxy) is 1. The first-order valence-corrected chi connectivity index (χ1v) is 12.7. The van der Waals surface area contributed by atoms with E-state index in [1.165, 1.54) is 0 Å². The van der Waals surface area contributed by atoms with Gasteiger partial charge < -0.3 is 15.4 Å². The SMILES string of the molecule is C[SiH](C)c1cn(CC[C@@H](NC(=O)OC(C)(C)C)C(=O)NCc2ccccc2)nn1. The minimum atomic E-state index is -1.03. The molecule has 0 bridgehead atoms. The number of hydrogen-bond acceptors (Lipinski definition) is 5. The van der Waals surface area contributed by atoms with Gasteiger partial charge >= 0.3 is 6.09 Å². The van der Waals surface area contributed by atoms with Crippen LogP contribution in [0.4, 0.5) is 4.79 Å². The molecule has 158 valence electrons. The van der Waals surface area contributed by atoms with Crippen LogP contribution in [0.1, 0.15) is 32.8 Å². The first kappa shape index (κ1) is 22.6. The second-order valence-corrected chi connectivity index (χ2v) is 11.2. The highest BCUT2D eigenvalue weighted by atomic mass is 28.3. The highest BCUT2D eigenvalue weighted by molar-refractivity contribution is 6.69. The maximum absolute atomic E-state index is 12.7. The average molecular weight is 418 g/mol. The number of nitrogens with one attached hydrogen (secondary N) is 2. The molecule has 0 aliphatic carbocycles. The van der Waals surface area contributed by atoms with Gasteiger partial charge in [0, 0.05) is 19.3 Å². The number of nitrogens with zero attached hydrogens (tertiary/aromatic N) is 3. The number of rotatable bonds is 8. The molecule has 9 heteroatoms. The number of carbonyl (C=O) groups is 2. The molecular formula is C20H31N5O3Si. The van der Waals surface area contributed by atoms with E-state index in [9.17, 15) is 9.59 Å². The van der Waals surface area contributed by atoms with E-state index in [0.29, 0.717) is 19.5 Å². The van der Waals surface area contributed by atoms with Gasteiger partial charge in [0.25, 0.3) is 0 Å². The van der Waals surface area contributed by atoms with Crippen molar-refractivity contribution in [1.82, 2.24) is 25.6 Å². The van der Waals surface area contributed by atoms with E-state index in [-0.39, 0.29) is 5.91 Å². The van der Waals surface area contributed by atoms with Crippen molar-refractivity contribution in [2.24, 2.45) is 0 Å². The second kappa shape index (κ2) is 10.2. The largest absolute Gasteiger partial charge is 0.444 e. The third kappa shape index (κ3) is 8.06. The predicted molar refractivity (Wildman–Crippen MR) is 115 cm³/mol. The van der Waals surface area contributed by atoms with Gasteiger partial charge in [0.1, 0.15) is 11.6 Å². The van der Waals surface area contributed by atoms with Crippen LogP contribution in [0.3, 0.4) is 0 Å². The van der Waals surface area contributed by atoms with Gasteiger partial charge in [-0.25, -0.2) is 4.79 Å². The molecule has 0 unspecified atom stereocenters. The zero-order valence-electron chi connectivity index (χ0n) is 17.8. The summed E-state index contributed by atoms with van der Waals surface area (Å²) in [6.45, 7) is 10.6. The van der Waals surface area contributed by atoms with Crippen LogP contribution in [0.2, 0.25) is 13.1 Å². The maximum atomic E-state index is 12.7. The van der Waals surface area contributed by atoms with Gasteiger partial charge in [-0.2, -0.15) is 0 Å². The molecule has 2 aromatic rings. The van der Waals surface area contributed by atoms with Crippen LogP contribution >= 0.6 is 0 Å². The summed E-state index contributed by atoms with van der Waals surface area (Å²) in [6.07, 6.45) is 1.68. The maximum Gasteiger partial charge on any atom is 0.408 e. The molecule has 1 aromatic carbocycles. The van der Waals surface area contributed by atoms with Crippen LogP contribution in [-0.2, 0) is 22.6 Å². The van der Waals surface area contributed by atoms with E-state index in [1.807, 2.05) is 36.5 Å². The van der Waals surface area contributed by atoms with Gasteiger partial charge in [-0.05, 0) is 32.8 Å². The fourth-order valence-corrected chi connectivity index (χ4v) is 3.33. The highest BCUT2D eigenvalue weighted by Crippen LogP contribution is 2.08. The lowest BCUT2D eigenvalue weighted by Crippen LogP contribution is -2.48. The summed E-state index contributed by atoms with van der Waals surface area (Å²) in [5, 5.41) is 14.9. The number of alkyl carbamates (subject to hydrolysis) is 1. The van der Waals surface area contributed by atoms with Crippen molar-refractivity contribution in [1.29, 1.82) is 0 Å². The van der Waals surface area contributed by atoms with Crippen LogP contribution in [0.5, 0.6) is 0 Å². The highest BCUT2D eigenvalue weighted by Gasteiger charge is 2.24. The van der Waals surface area contributed by atoms with Gasteiger partial charge in [-0.15, -0.1) is 5.10 Å². The number of carbonyl (C=O) groups excluding carboxylic acids is 2. The molecule has 29 heavy (non-hydrogen) atoms. The summed E-state index contributed by atoms with van der Waals surface area (Å²) >= 11 is 0. The van der Waals surface area contributed by atoms with E-state index in [4.69, 9.17) is 4.74 Å². The van der Waals surface area contributed by atoms with Crippen LogP contribution in [0.25, 0.3) is 0 Å². The monoisotopic (exact) mass is 417 g/mol. The summed E-state index contributed by atoms with van der Waals surface area (Å²) in [5.74, 6) is -0.265. The topological polar surface area (TPSA) is 98.1 Å². The van der Waals surface area contributed by atoms with Crippen molar-refractivity contribution in [2.45, 2.75) is 65.0 Å². The summed E-state index contributed by atoms with van der Waals surface area (Å²) in [6, 6.07) is 8.88. The van der Waals surface area contributed by atoms with E-state index in [2.05, 4.69) is 34.0 Å². The number of hydrogen-bond donors (Lipinski definition) is 2. The summed E-state index contributed by atoms with van der Waals surface area (Å²) in [7, 11) is -1.03. The molecule has 1 aromatic heterocycles. The van der Waals surface area contributed by atoms with Crippen molar-refractivity contribution >= 4 is 26.1 Å². The van der Waals surface area contributed by atoms with Crippen molar-refractivity contribution in [3.05, 3.63) is 42.1 Å². The zero-order valence-corrected chi connectivity index (χ0v) is 19.0. The third-order valence-corrected chi connectivity index (χ3v) is 5.56. The molecule has 8 nitrogen and oxygen atoms in total. The van der Waals surface area contributed by atoms with Gasteiger partial charge in [0.05, 0.1) is 14.1 Å². The van der Waals surface area contributed by atoms with Gasteiger partial charge in [0.2, 0.25) is 5.91 Å². The number of benzene rings is 1. The van der Waals surface area contributed by atoms with Crippen molar-refractivity contribution in [2.75, 3.05) is 0 Å². The Bertz CT molecular complexity index is 802. The molecule has 1 atom stereocenters. The standard InChI is InChI=1S/C20H31N5O3Si/c1-20(2,3)28-19(27)22-16(11-12-25-14-17(23-24-25)29(4)5)18(26)21-13-15-9-7-6-8-10-15/h6-10,14,16,29H,11-13H2,1-5H3,(H,21,26)(H,22,27)/t16-/m1/s1. The van der Waals surface area contributed by atoms with Crippen molar-refractivity contribution in [3.8, 4) is 0 Å².